The van der Waals surface area contributed by atoms with Gasteiger partial charge in [-0.3, -0.25) is 13.8 Å². The number of aliphatic hydroxyl groups is 1. The van der Waals surface area contributed by atoms with Crippen molar-refractivity contribution < 1.29 is 37.6 Å². The molecule has 0 aromatic heterocycles. The highest BCUT2D eigenvalue weighted by molar-refractivity contribution is 7.47. The minimum Gasteiger partial charge on any atom is -0.394 e. The summed E-state index contributed by atoms with van der Waals surface area (Å²) in [5.41, 5.74) is 0. The van der Waals surface area contributed by atoms with Crippen LogP contribution < -0.4 is 0 Å². The quantitative estimate of drug-likeness (QED) is 0.0609. The van der Waals surface area contributed by atoms with Gasteiger partial charge in [0.2, 0.25) is 0 Å². The minimum atomic E-state index is -4.45. The molecular formula is C29H61NO7P+. The molecule has 0 aliphatic carbocycles. The van der Waals surface area contributed by atoms with Crippen molar-refractivity contribution in [1.82, 2.24) is 0 Å². The van der Waals surface area contributed by atoms with Crippen LogP contribution in [0, 0.1) is 0 Å². The fourth-order valence-corrected chi connectivity index (χ4v) is 5.14. The molecule has 0 aliphatic rings. The molecule has 0 aromatic rings. The van der Waals surface area contributed by atoms with E-state index in [0.717, 1.165) is 38.5 Å². The summed E-state index contributed by atoms with van der Waals surface area (Å²) >= 11 is 0. The van der Waals surface area contributed by atoms with Crippen LogP contribution in [0.1, 0.15) is 123 Å². The summed E-state index contributed by atoms with van der Waals surface area (Å²) in [6.45, 7) is 4.58. The smallest absolute Gasteiger partial charge is 0.394 e. The van der Waals surface area contributed by atoms with E-state index in [2.05, 4.69) is 13.8 Å². The molecule has 0 spiro atoms. The van der Waals surface area contributed by atoms with Gasteiger partial charge in [-0.25, -0.2) is 4.57 Å². The number of carbonyl (C=O) groups excluding carboxylic acids is 1. The highest BCUT2D eigenvalue weighted by atomic mass is 31.2. The van der Waals surface area contributed by atoms with Crippen molar-refractivity contribution in [1.29, 1.82) is 0 Å². The third kappa shape index (κ3) is 22.5. The van der Waals surface area contributed by atoms with Crippen LogP contribution in [0.2, 0.25) is 0 Å². The molecule has 38 heavy (non-hydrogen) atoms. The maximum absolute atomic E-state index is 13.0. The van der Waals surface area contributed by atoms with Gasteiger partial charge < -0.3 is 19.2 Å². The van der Waals surface area contributed by atoms with Gasteiger partial charge in [-0.15, -0.1) is 0 Å². The Hall–Kier alpha value is -0.340. The number of Topliss-reactive ketones (excluding diaryl/α,β-unsaturated/α-hetero) is 1. The Morgan fingerprint density at radius 1 is 0.763 bits per heavy atom. The van der Waals surface area contributed by atoms with E-state index >= 15 is 0 Å². The van der Waals surface area contributed by atoms with Crippen molar-refractivity contribution in [2.24, 2.45) is 0 Å². The largest absolute Gasteiger partial charge is 0.472 e. The zero-order valence-corrected chi connectivity index (χ0v) is 26.2. The molecule has 0 bridgehead atoms. The van der Waals surface area contributed by atoms with Crippen LogP contribution >= 0.6 is 7.82 Å². The zero-order chi connectivity index (χ0) is 28.7. The SMILES string of the molecule is CCCCCCCCCCCCCCCC(=O)C(OCCCCC)[C@H](CO)OP(=O)(O)OCC[N+](C)(C)C. The number of rotatable bonds is 28. The van der Waals surface area contributed by atoms with Crippen LogP contribution in [0.5, 0.6) is 0 Å². The van der Waals surface area contributed by atoms with Crippen molar-refractivity contribution in [3.8, 4) is 0 Å². The summed E-state index contributed by atoms with van der Waals surface area (Å²) < 4.78 is 29.2. The lowest BCUT2D eigenvalue weighted by atomic mass is 10.0. The van der Waals surface area contributed by atoms with Gasteiger partial charge in [0.25, 0.3) is 0 Å². The first-order chi connectivity index (χ1) is 18.1. The third-order valence-corrected chi connectivity index (χ3v) is 7.74. The average Bonchev–Trinajstić information content (AvgIpc) is 2.84. The molecule has 0 fully saturated rings. The maximum Gasteiger partial charge on any atom is 0.472 e. The second kappa shape index (κ2) is 23.4. The highest BCUT2D eigenvalue weighted by Gasteiger charge is 2.36. The molecule has 0 saturated carbocycles. The van der Waals surface area contributed by atoms with E-state index < -0.39 is 26.6 Å². The molecule has 0 amide bonds. The molecule has 0 heterocycles. The second-order valence-electron chi connectivity index (χ2n) is 11.6. The molecule has 228 valence electrons. The number of carbonyl (C=O) groups is 1. The Balaban J connectivity index is 4.50. The van der Waals surface area contributed by atoms with Crippen molar-refractivity contribution in [3.05, 3.63) is 0 Å². The van der Waals surface area contributed by atoms with Gasteiger partial charge in [-0.05, 0) is 12.8 Å². The topological polar surface area (TPSA) is 102 Å². The number of quaternary nitrogens is 1. The van der Waals surface area contributed by atoms with Gasteiger partial charge in [0.1, 0.15) is 25.4 Å². The van der Waals surface area contributed by atoms with E-state index in [-0.39, 0.29) is 12.4 Å². The molecule has 2 unspecified atom stereocenters. The molecule has 0 aromatic carbocycles. The van der Waals surface area contributed by atoms with Crippen molar-refractivity contribution in [2.75, 3.05) is 47.5 Å². The van der Waals surface area contributed by atoms with E-state index in [1.54, 1.807) is 0 Å². The highest BCUT2D eigenvalue weighted by Crippen LogP contribution is 2.45. The van der Waals surface area contributed by atoms with Crippen molar-refractivity contribution in [2.45, 2.75) is 135 Å². The van der Waals surface area contributed by atoms with E-state index in [1.807, 2.05) is 21.1 Å². The molecule has 0 rings (SSSR count). The van der Waals surface area contributed by atoms with Crippen LogP contribution in [-0.2, 0) is 23.1 Å². The molecule has 0 saturated heterocycles. The second-order valence-corrected chi connectivity index (χ2v) is 13.0. The summed E-state index contributed by atoms with van der Waals surface area (Å²) in [4.78, 5) is 23.2. The van der Waals surface area contributed by atoms with Crippen LogP contribution in [-0.4, -0.2) is 80.0 Å². The number of phosphoric ester groups is 1. The number of ketones is 1. The van der Waals surface area contributed by atoms with Gasteiger partial charge >= 0.3 is 7.82 Å². The number of unbranched alkanes of at least 4 members (excludes halogenated alkanes) is 14. The lowest BCUT2D eigenvalue weighted by Crippen LogP contribution is -2.41. The first-order valence-electron chi connectivity index (χ1n) is 15.3. The van der Waals surface area contributed by atoms with Gasteiger partial charge in [-0.1, -0.05) is 104 Å². The lowest BCUT2D eigenvalue weighted by Gasteiger charge is -2.27. The van der Waals surface area contributed by atoms with Gasteiger partial charge in [0.05, 0.1) is 27.7 Å². The van der Waals surface area contributed by atoms with E-state index in [0.29, 0.717) is 24.1 Å². The fourth-order valence-electron chi connectivity index (χ4n) is 4.25. The maximum atomic E-state index is 13.0. The predicted octanol–water partition coefficient (Wildman–Crippen LogP) is 6.81. The first kappa shape index (κ1) is 37.7. The molecule has 3 atom stereocenters. The molecule has 8 nitrogen and oxygen atoms in total. The molecule has 0 aliphatic heterocycles. The summed E-state index contributed by atoms with van der Waals surface area (Å²) in [6, 6.07) is 0. The Bertz CT molecular complexity index is 612. The number of hydrogen-bond donors (Lipinski definition) is 2. The molecule has 9 heteroatoms. The number of nitrogens with zero attached hydrogens (tertiary/aromatic N) is 1. The predicted molar refractivity (Wildman–Crippen MR) is 155 cm³/mol. The fraction of sp³-hybridized carbons (Fsp3) is 0.966. The Morgan fingerprint density at radius 3 is 1.71 bits per heavy atom. The Labute approximate surface area is 234 Å². The Kier molecular flexibility index (Phi) is 23.2. The van der Waals surface area contributed by atoms with Crippen LogP contribution in [0.15, 0.2) is 0 Å². The van der Waals surface area contributed by atoms with Gasteiger partial charge in [0, 0.05) is 13.0 Å². The van der Waals surface area contributed by atoms with Crippen LogP contribution in [0.25, 0.3) is 0 Å². The monoisotopic (exact) mass is 566 g/mol. The van der Waals surface area contributed by atoms with Crippen LogP contribution in [0.3, 0.4) is 0 Å². The summed E-state index contributed by atoms with van der Waals surface area (Å²) in [5, 5.41) is 9.90. The number of ether oxygens (including phenoxy) is 1. The molecule has 2 N–H and O–H groups in total. The normalized spacial score (nSPS) is 15.3. The minimum absolute atomic E-state index is 0.0182. The molecule has 0 radical (unpaired) electrons. The summed E-state index contributed by atoms with van der Waals surface area (Å²) in [6.07, 6.45) is 16.6. The Morgan fingerprint density at radius 2 is 1.24 bits per heavy atom. The van der Waals surface area contributed by atoms with Crippen molar-refractivity contribution in [3.63, 3.8) is 0 Å². The first-order valence-corrected chi connectivity index (χ1v) is 16.8. The lowest BCUT2D eigenvalue weighted by molar-refractivity contribution is -0.870. The third-order valence-electron chi connectivity index (χ3n) is 6.69. The van der Waals surface area contributed by atoms with Gasteiger partial charge in [-0.2, -0.15) is 0 Å². The number of hydrogen-bond acceptors (Lipinski definition) is 6. The number of aliphatic hydroxyl groups excluding tert-OH is 1. The van der Waals surface area contributed by atoms with Crippen molar-refractivity contribution >= 4 is 13.6 Å². The van der Waals surface area contributed by atoms with E-state index in [4.69, 9.17) is 13.8 Å². The van der Waals surface area contributed by atoms with E-state index in [1.165, 1.54) is 64.2 Å². The van der Waals surface area contributed by atoms with E-state index in [9.17, 15) is 19.4 Å². The van der Waals surface area contributed by atoms with Crippen LogP contribution in [0.4, 0.5) is 0 Å². The number of phosphoric acid groups is 1. The standard InChI is InChI=1S/C29H60NO7P/c1-6-8-10-11-12-13-14-15-16-17-18-19-20-22-27(32)29(35-24-21-9-7-2)28(26-31)37-38(33,34)36-25-23-30(3,4)5/h28-29,31H,6-26H2,1-5H3/p+1/t28-,29?/m0/s1. The summed E-state index contributed by atoms with van der Waals surface area (Å²) in [5.74, 6) is -0.199. The average molecular weight is 567 g/mol. The number of likely N-dealkylation sites (N-methyl/N-ethyl adjacent to an activating group) is 1. The van der Waals surface area contributed by atoms with Gasteiger partial charge in [0.15, 0.2) is 5.78 Å². The molecular weight excluding hydrogens is 505 g/mol. The zero-order valence-electron chi connectivity index (χ0n) is 25.3. The summed E-state index contributed by atoms with van der Waals surface area (Å²) in [7, 11) is 1.38.